The van der Waals surface area contributed by atoms with Crippen LogP contribution < -0.4 is 10.1 Å². The van der Waals surface area contributed by atoms with Crippen LogP contribution in [0.3, 0.4) is 0 Å². The van der Waals surface area contributed by atoms with Crippen LogP contribution in [-0.4, -0.2) is 30.8 Å². The maximum atomic E-state index is 10.9. The molecule has 2 rings (SSSR count). The van der Waals surface area contributed by atoms with E-state index in [9.17, 15) is 10.1 Å². The van der Waals surface area contributed by atoms with E-state index in [2.05, 4.69) is 5.32 Å². The average molecular weight is 266 g/mol. The Labute approximate surface area is 111 Å². The molecule has 1 saturated heterocycles. The molecule has 6 heteroatoms. The van der Waals surface area contributed by atoms with Crippen LogP contribution in [0.15, 0.2) is 18.2 Å². The first-order chi connectivity index (χ1) is 9.20. The molecule has 0 radical (unpaired) electrons. The van der Waals surface area contributed by atoms with E-state index in [1.807, 2.05) is 6.92 Å². The Morgan fingerprint density at radius 3 is 2.84 bits per heavy atom. The van der Waals surface area contributed by atoms with Crippen LogP contribution in [0.2, 0.25) is 0 Å². The molecule has 0 aromatic heterocycles. The zero-order valence-corrected chi connectivity index (χ0v) is 10.9. The predicted molar refractivity (Wildman–Crippen MR) is 71.7 cm³/mol. The quantitative estimate of drug-likeness (QED) is 0.655. The highest BCUT2D eigenvalue weighted by Gasteiger charge is 2.18. The minimum absolute atomic E-state index is 0.000576. The monoisotopic (exact) mass is 266 g/mol. The molecule has 6 nitrogen and oxygen atoms in total. The molecular formula is C13H18N2O4. The lowest BCUT2D eigenvalue weighted by Gasteiger charge is -2.24. The van der Waals surface area contributed by atoms with E-state index in [4.69, 9.17) is 9.47 Å². The van der Waals surface area contributed by atoms with Gasteiger partial charge in [-0.2, -0.15) is 0 Å². The van der Waals surface area contributed by atoms with Crippen molar-refractivity contribution in [2.75, 3.05) is 25.1 Å². The number of anilines is 1. The van der Waals surface area contributed by atoms with E-state index < -0.39 is 4.92 Å². The van der Waals surface area contributed by atoms with Gasteiger partial charge in [0.1, 0.15) is 0 Å². The maximum Gasteiger partial charge on any atom is 0.311 e. The van der Waals surface area contributed by atoms with Crippen LogP contribution in [0.25, 0.3) is 0 Å². The van der Waals surface area contributed by atoms with Gasteiger partial charge in [-0.05, 0) is 25.8 Å². The van der Waals surface area contributed by atoms with Crippen molar-refractivity contribution in [1.82, 2.24) is 0 Å². The zero-order valence-electron chi connectivity index (χ0n) is 10.9. The van der Waals surface area contributed by atoms with Crippen molar-refractivity contribution in [1.29, 1.82) is 0 Å². The summed E-state index contributed by atoms with van der Waals surface area (Å²) < 4.78 is 10.6. The Morgan fingerprint density at radius 1 is 1.47 bits per heavy atom. The Morgan fingerprint density at radius 2 is 2.21 bits per heavy atom. The van der Waals surface area contributed by atoms with Crippen molar-refractivity contribution >= 4 is 11.4 Å². The minimum Gasteiger partial charge on any atom is -0.487 e. The van der Waals surface area contributed by atoms with Gasteiger partial charge in [-0.1, -0.05) is 0 Å². The first-order valence-corrected chi connectivity index (χ1v) is 6.46. The third-order valence-electron chi connectivity index (χ3n) is 3.05. The fourth-order valence-corrected chi connectivity index (χ4v) is 2.10. The molecule has 104 valence electrons. The van der Waals surface area contributed by atoms with Crippen LogP contribution in [0, 0.1) is 10.1 Å². The second-order valence-electron chi connectivity index (χ2n) is 4.40. The van der Waals surface area contributed by atoms with Gasteiger partial charge in [0.25, 0.3) is 0 Å². The zero-order chi connectivity index (χ0) is 13.7. The van der Waals surface area contributed by atoms with Crippen molar-refractivity contribution in [2.45, 2.75) is 25.8 Å². The average Bonchev–Trinajstić information content (AvgIpc) is 2.40. The maximum absolute atomic E-state index is 10.9. The van der Waals surface area contributed by atoms with Gasteiger partial charge in [-0.15, -0.1) is 0 Å². The van der Waals surface area contributed by atoms with Crippen molar-refractivity contribution < 1.29 is 14.4 Å². The summed E-state index contributed by atoms with van der Waals surface area (Å²) in [6.45, 7) is 3.72. The molecular weight excluding hydrogens is 248 g/mol. The summed E-state index contributed by atoms with van der Waals surface area (Å²) in [6.07, 6.45) is 1.89. The molecule has 1 N–H and O–H groups in total. The highest BCUT2D eigenvalue weighted by Crippen LogP contribution is 2.30. The molecule has 19 heavy (non-hydrogen) atoms. The first-order valence-electron chi connectivity index (χ1n) is 6.46. The summed E-state index contributed by atoms with van der Waals surface area (Å²) in [5.41, 5.74) is 0.848. The summed E-state index contributed by atoms with van der Waals surface area (Å²) in [6, 6.07) is 5.24. The van der Waals surface area contributed by atoms with E-state index in [0.717, 1.165) is 31.7 Å². The van der Waals surface area contributed by atoms with Gasteiger partial charge in [-0.3, -0.25) is 10.1 Å². The van der Waals surface area contributed by atoms with Crippen molar-refractivity contribution in [3.63, 3.8) is 0 Å². The van der Waals surface area contributed by atoms with Crippen molar-refractivity contribution in [3.05, 3.63) is 28.3 Å². The number of nitro benzene ring substituents is 1. The Balaban J connectivity index is 2.12. The van der Waals surface area contributed by atoms with Gasteiger partial charge >= 0.3 is 5.69 Å². The van der Waals surface area contributed by atoms with E-state index in [1.54, 1.807) is 12.1 Å². The van der Waals surface area contributed by atoms with Crippen LogP contribution in [0.4, 0.5) is 11.4 Å². The highest BCUT2D eigenvalue weighted by atomic mass is 16.6. The van der Waals surface area contributed by atoms with Crippen LogP contribution in [-0.2, 0) is 4.74 Å². The third-order valence-corrected chi connectivity index (χ3v) is 3.05. The van der Waals surface area contributed by atoms with Crippen molar-refractivity contribution in [3.8, 4) is 5.75 Å². The molecule has 1 aliphatic heterocycles. The van der Waals surface area contributed by atoms with E-state index in [1.165, 1.54) is 6.07 Å². The first kappa shape index (κ1) is 13.6. The summed E-state index contributed by atoms with van der Waals surface area (Å²) in [5.74, 6) is 0.310. The second-order valence-corrected chi connectivity index (χ2v) is 4.40. The fourth-order valence-electron chi connectivity index (χ4n) is 2.10. The Hall–Kier alpha value is -1.82. The molecule has 1 aromatic rings. The van der Waals surface area contributed by atoms with Gasteiger partial charge in [0, 0.05) is 37.1 Å². The van der Waals surface area contributed by atoms with E-state index >= 15 is 0 Å². The number of rotatable bonds is 5. The standard InChI is InChI=1S/C13H18N2O4/c1-2-19-13-9-11(3-4-12(13)15(16)17)14-10-5-7-18-8-6-10/h3-4,9-10,14H,2,5-8H2,1H3. The topological polar surface area (TPSA) is 73.6 Å². The highest BCUT2D eigenvalue weighted by molar-refractivity contribution is 5.58. The largest absolute Gasteiger partial charge is 0.487 e. The lowest BCUT2D eigenvalue weighted by Crippen LogP contribution is -2.27. The van der Waals surface area contributed by atoms with Gasteiger partial charge in [-0.25, -0.2) is 0 Å². The number of nitro groups is 1. The predicted octanol–water partition coefficient (Wildman–Crippen LogP) is 2.58. The number of hydrogen-bond acceptors (Lipinski definition) is 5. The summed E-state index contributed by atoms with van der Waals surface area (Å²) in [7, 11) is 0. The molecule has 0 amide bonds. The smallest absolute Gasteiger partial charge is 0.311 e. The molecule has 1 aliphatic rings. The number of hydrogen-bond donors (Lipinski definition) is 1. The molecule has 0 bridgehead atoms. The summed E-state index contributed by atoms with van der Waals surface area (Å²) in [5, 5.41) is 14.2. The minimum atomic E-state index is -0.427. The van der Waals surface area contributed by atoms with Crippen LogP contribution in [0.1, 0.15) is 19.8 Å². The van der Waals surface area contributed by atoms with Gasteiger partial charge in [0.2, 0.25) is 0 Å². The molecule has 1 aromatic carbocycles. The fraction of sp³-hybridized carbons (Fsp3) is 0.538. The number of nitrogens with zero attached hydrogens (tertiary/aromatic N) is 1. The van der Waals surface area contributed by atoms with Crippen molar-refractivity contribution in [2.24, 2.45) is 0 Å². The number of ether oxygens (including phenoxy) is 2. The van der Waals surface area contributed by atoms with E-state index in [-0.39, 0.29) is 5.69 Å². The number of nitrogens with one attached hydrogen (secondary N) is 1. The summed E-state index contributed by atoms with van der Waals surface area (Å²) in [4.78, 5) is 10.5. The second kappa shape index (κ2) is 6.38. The van der Waals surface area contributed by atoms with Gasteiger partial charge < -0.3 is 14.8 Å². The van der Waals surface area contributed by atoms with Crippen LogP contribution >= 0.6 is 0 Å². The lowest BCUT2D eigenvalue weighted by atomic mass is 10.1. The molecule has 0 saturated carbocycles. The molecule has 0 aliphatic carbocycles. The molecule has 0 spiro atoms. The Kier molecular flexibility index (Phi) is 4.57. The van der Waals surface area contributed by atoms with Gasteiger partial charge in [0.05, 0.1) is 11.5 Å². The third kappa shape index (κ3) is 3.57. The SMILES string of the molecule is CCOc1cc(NC2CCOCC2)ccc1[N+](=O)[O-]. The molecule has 0 unspecified atom stereocenters. The lowest BCUT2D eigenvalue weighted by molar-refractivity contribution is -0.385. The van der Waals surface area contributed by atoms with Gasteiger partial charge in [0.15, 0.2) is 5.75 Å². The van der Waals surface area contributed by atoms with Crippen LogP contribution in [0.5, 0.6) is 5.75 Å². The number of benzene rings is 1. The molecule has 1 fully saturated rings. The Bertz CT molecular complexity index is 444. The molecule has 1 heterocycles. The molecule has 0 atom stereocenters. The summed E-state index contributed by atoms with van der Waals surface area (Å²) >= 11 is 0. The normalized spacial score (nSPS) is 16.1. The van der Waals surface area contributed by atoms with E-state index in [0.29, 0.717) is 18.4 Å².